The van der Waals surface area contributed by atoms with Crippen molar-refractivity contribution in [2.75, 3.05) is 0 Å². The number of rotatable bonds is 3. The van der Waals surface area contributed by atoms with E-state index in [2.05, 4.69) is 21.2 Å². The standard InChI is InChI=1S/C12H9BrClNO2/c13-9-5-11(17-7-9)12(16)15-6-8-1-3-10(14)4-2-8/h1-5,7H,6H2,(H,15,16). The Morgan fingerprint density at radius 1 is 1.35 bits per heavy atom. The molecule has 0 aliphatic carbocycles. The molecule has 2 aromatic rings. The summed E-state index contributed by atoms with van der Waals surface area (Å²) in [6.07, 6.45) is 1.47. The lowest BCUT2D eigenvalue weighted by Crippen LogP contribution is -2.22. The maximum atomic E-state index is 11.6. The highest BCUT2D eigenvalue weighted by Crippen LogP contribution is 2.14. The minimum atomic E-state index is -0.245. The zero-order valence-corrected chi connectivity index (χ0v) is 11.1. The van der Waals surface area contributed by atoms with Crippen LogP contribution in [0.5, 0.6) is 0 Å². The number of nitrogens with one attached hydrogen (secondary N) is 1. The lowest BCUT2D eigenvalue weighted by atomic mass is 10.2. The molecule has 5 heteroatoms. The Balaban J connectivity index is 1.94. The van der Waals surface area contributed by atoms with Gasteiger partial charge in [-0.3, -0.25) is 4.79 Å². The van der Waals surface area contributed by atoms with Crippen molar-refractivity contribution in [3.05, 3.63) is 57.4 Å². The molecule has 0 saturated carbocycles. The molecule has 3 nitrogen and oxygen atoms in total. The molecule has 1 N–H and O–H groups in total. The quantitative estimate of drug-likeness (QED) is 0.940. The van der Waals surface area contributed by atoms with Crippen LogP contribution in [-0.4, -0.2) is 5.91 Å². The zero-order chi connectivity index (χ0) is 12.3. The number of amides is 1. The lowest BCUT2D eigenvalue weighted by molar-refractivity contribution is 0.0923. The number of carbonyl (C=O) groups is 1. The third-order valence-electron chi connectivity index (χ3n) is 2.16. The van der Waals surface area contributed by atoms with Crippen molar-refractivity contribution in [3.63, 3.8) is 0 Å². The van der Waals surface area contributed by atoms with Crippen LogP contribution in [0.3, 0.4) is 0 Å². The Morgan fingerprint density at radius 2 is 2.06 bits per heavy atom. The van der Waals surface area contributed by atoms with Gasteiger partial charge in [0.1, 0.15) is 6.26 Å². The van der Waals surface area contributed by atoms with Gasteiger partial charge in [0.05, 0.1) is 4.47 Å². The van der Waals surface area contributed by atoms with Gasteiger partial charge in [0.2, 0.25) is 0 Å². The van der Waals surface area contributed by atoms with E-state index in [1.165, 1.54) is 6.26 Å². The van der Waals surface area contributed by atoms with Gasteiger partial charge in [-0.25, -0.2) is 0 Å². The van der Waals surface area contributed by atoms with Crippen LogP contribution in [0.2, 0.25) is 5.02 Å². The van der Waals surface area contributed by atoms with Crippen molar-refractivity contribution in [3.8, 4) is 0 Å². The Bertz CT molecular complexity index is 522. The zero-order valence-electron chi connectivity index (χ0n) is 8.74. The van der Waals surface area contributed by atoms with Gasteiger partial charge >= 0.3 is 0 Å². The van der Waals surface area contributed by atoms with Crippen molar-refractivity contribution < 1.29 is 9.21 Å². The van der Waals surface area contributed by atoms with Gasteiger partial charge in [0, 0.05) is 17.6 Å². The van der Waals surface area contributed by atoms with Crippen LogP contribution in [0.1, 0.15) is 16.1 Å². The first-order valence-electron chi connectivity index (χ1n) is 4.92. The average Bonchev–Trinajstić information content (AvgIpc) is 2.75. The number of hydrogen-bond donors (Lipinski definition) is 1. The fourth-order valence-electron chi connectivity index (χ4n) is 1.30. The van der Waals surface area contributed by atoms with E-state index in [0.29, 0.717) is 11.6 Å². The molecule has 0 aliphatic rings. The van der Waals surface area contributed by atoms with E-state index < -0.39 is 0 Å². The molecule has 1 heterocycles. The number of furan rings is 1. The summed E-state index contributed by atoms with van der Waals surface area (Å²) >= 11 is 8.98. The van der Waals surface area contributed by atoms with E-state index >= 15 is 0 Å². The summed E-state index contributed by atoms with van der Waals surface area (Å²) in [6, 6.07) is 8.91. The minimum Gasteiger partial charge on any atom is -0.458 e. The van der Waals surface area contributed by atoms with Gasteiger partial charge in [0.25, 0.3) is 5.91 Å². The summed E-state index contributed by atoms with van der Waals surface area (Å²) in [5.41, 5.74) is 0.980. The molecule has 17 heavy (non-hydrogen) atoms. The molecule has 0 unspecified atom stereocenters. The molecular weight excluding hydrogens is 305 g/mol. The molecule has 0 spiro atoms. The van der Waals surface area contributed by atoms with Gasteiger partial charge in [-0.1, -0.05) is 23.7 Å². The van der Waals surface area contributed by atoms with Gasteiger partial charge < -0.3 is 9.73 Å². The Kier molecular flexibility index (Phi) is 3.86. The van der Waals surface area contributed by atoms with Crippen LogP contribution in [0.4, 0.5) is 0 Å². The summed E-state index contributed by atoms with van der Waals surface area (Å²) in [6.45, 7) is 0.439. The topological polar surface area (TPSA) is 42.2 Å². The molecule has 88 valence electrons. The highest BCUT2D eigenvalue weighted by atomic mass is 79.9. The summed E-state index contributed by atoms with van der Waals surface area (Å²) < 4.78 is 5.80. The first-order chi connectivity index (χ1) is 8.15. The molecule has 0 saturated heterocycles. The largest absolute Gasteiger partial charge is 0.458 e. The third kappa shape index (κ3) is 3.35. The Labute approximate surface area is 112 Å². The first-order valence-corrected chi connectivity index (χ1v) is 6.09. The number of halogens is 2. The lowest BCUT2D eigenvalue weighted by Gasteiger charge is -2.03. The molecule has 0 aliphatic heterocycles. The predicted molar refractivity (Wildman–Crippen MR) is 69.0 cm³/mol. The third-order valence-corrected chi connectivity index (χ3v) is 2.83. The van der Waals surface area contributed by atoms with E-state index in [-0.39, 0.29) is 11.7 Å². The summed E-state index contributed by atoms with van der Waals surface area (Å²) in [4.78, 5) is 11.6. The van der Waals surface area contributed by atoms with Crippen LogP contribution in [0.25, 0.3) is 0 Å². The van der Waals surface area contributed by atoms with E-state index in [0.717, 1.165) is 10.0 Å². The second-order valence-corrected chi connectivity index (χ2v) is 4.79. The smallest absolute Gasteiger partial charge is 0.287 e. The number of hydrogen-bond acceptors (Lipinski definition) is 2. The summed E-state index contributed by atoms with van der Waals surface area (Å²) in [5.74, 6) is 0.0384. The molecule has 0 bridgehead atoms. The van der Waals surface area contributed by atoms with E-state index in [9.17, 15) is 4.79 Å². The molecule has 1 aromatic carbocycles. The monoisotopic (exact) mass is 313 g/mol. The van der Waals surface area contributed by atoms with Crippen LogP contribution < -0.4 is 5.32 Å². The van der Waals surface area contributed by atoms with Gasteiger partial charge in [0.15, 0.2) is 5.76 Å². The normalized spacial score (nSPS) is 10.2. The van der Waals surface area contributed by atoms with Crippen molar-refractivity contribution >= 4 is 33.4 Å². The highest BCUT2D eigenvalue weighted by Gasteiger charge is 2.09. The molecule has 2 rings (SSSR count). The fourth-order valence-corrected chi connectivity index (χ4v) is 1.73. The summed E-state index contributed by atoms with van der Waals surface area (Å²) in [7, 11) is 0. The van der Waals surface area contributed by atoms with Crippen LogP contribution in [0.15, 0.2) is 45.5 Å². The first kappa shape index (κ1) is 12.2. The van der Waals surface area contributed by atoms with Crippen LogP contribution >= 0.6 is 27.5 Å². The van der Waals surface area contributed by atoms with Crippen molar-refractivity contribution in [1.82, 2.24) is 5.32 Å². The molecule has 0 radical (unpaired) electrons. The number of benzene rings is 1. The molecular formula is C12H9BrClNO2. The van der Waals surface area contributed by atoms with E-state index in [1.807, 2.05) is 12.1 Å². The SMILES string of the molecule is O=C(NCc1ccc(Cl)cc1)c1cc(Br)co1. The van der Waals surface area contributed by atoms with Crippen LogP contribution in [0, 0.1) is 0 Å². The summed E-state index contributed by atoms with van der Waals surface area (Å²) in [5, 5.41) is 3.43. The fraction of sp³-hybridized carbons (Fsp3) is 0.0833. The number of carbonyl (C=O) groups excluding carboxylic acids is 1. The Hall–Kier alpha value is -1.26. The van der Waals surface area contributed by atoms with Crippen molar-refractivity contribution in [2.24, 2.45) is 0 Å². The minimum absolute atomic E-state index is 0.245. The molecule has 1 amide bonds. The highest BCUT2D eigenvalue weighted by molar-refractivity contribution is 9.10. The van der Waals surface area contributed by atoms with Crippen LogP contribution in [-0.2, 0) is 6.54 Å². The maximum absolute atomic E-state index is 11.6. The second kappa shape index (κ2) is 5.38. The van der Waals surface area contributed by atoms with Gasteiger partial charge in [-0.05, 0) is 33.6 Å². The van der Waals surface area contributed by atoms with Crippen molar-refractivity contribution in [2.45, 2.75) is 6.54 Å². The maximum Gasteiger partial charge on any atom is 0.287 e. The van der Waals surface area contributed by atoms with E-state index in [4.69, 9.17) is 16.0 Å². The molecule has 1 aromatic heterocycles. The average molecular weight is 315 g/mol. The Morgan fingerprint density at radius 3 is 2.65 bits per heavy atom. The van der Waals surface area contributed by atoms with Gasteiger partial charge in [-0.2, -0.15) is 0 Å². The van der Waals surface area contributed by atoms with Gasteiger partial charge in [-0.15, -0.1) is 0 Å². The molecule has 0 atom stereocenters. The van der Waals surface area contributed by atoms with Crippen molar-refractivity contribution in [1.29, 1.82) is 0 Å². The predicted octanol–water partition coefficient (Wildman–Crippen LogP) is 3.63. The molecule has 0 fully saturated rings. The second-order valence-electron chi connectivity index (χ2n) is 3.44. The van der Waals surface area contributed by atoms with E-state index in [1.54, 1.807) is 18.2 Å².